The first kappa shape index (κ1) is 15.2. The molecule has 1 aromatic rings. The Kier molecular flexibility index (Phi) is 5.30. The molecule has 0 aliphatic heterocycles. The molecule has 0 unspecified atom stereocenters. The zero-order valence-corrected chi connectivity index (χ0v) is 13.1. The number of ether oxygens (including phenoxy) is 1. The summed E-state index contributed by atoms with van der Waals surface area (Å²) < 4.78 is 5.29. The number of benzene rings is 1. The minimum atomic E-state index is 0.698. The van der Waals surface area contributed by atoms with Gasteiger partial charge in [-0.05, 0) is 62.4 Å². The Bertz CT molecular complexity index is 425. The van der Waals surface area contributed by atoms with E-state index in [4.69, 9.17) is 10.5 Å². The summed E-state index contributed by atoms with van der Waals surface area (Å²) >= 11 is 0. The maximum absolute atomic E-state index is 6.08. The number of anilines is 1. The zero-order valence-electron chi connectivity index (χ0n) is 13.1. The summed E-state index contributed by atoms with van der Waals surface area (Å²) in [6, 6.07) is 6.62. The predicted octanol–water partition coefficient (Wildman–Crippen LogP) is 3.68. The van der Waals surface area contributed by atoms with Gasteiger partial charge in [0.05, 0.1) is 7.11 Å². The van der Waals surface area contributed by atoms with E-state index in [1.165, 1.54) is 37.7 Å². The minimum Gasteiger partial charge on any atom is -0.497 e. The third-order valence-corrected chi connectivity index (χ3v) is 4.79. The second-order valence-corrected chi connectivity index (χ2v) is 6.06. The average molecular weight is 276 g/mol. The predicted molar refractivity (Wildman–Crippen MR) is 84.9 cm³/mol. The Hall–Kier alpha value is -1.22. The van der Waals surface area contributed by atoms with Crippen molar-refractivity contribution in [2.45, 2.75) is 51.6 Å². The Labute approximate surface area is 123 Å². The Morgan fingerprint density at radius 1 is 1.25 bits per heavy atom. The fourth-order valence-corrected chi connectivity index (χ4v) is 3.24. The van der Waals surface area contributed by atoms with Crippen LogP contribution in [0.2, 0.25) is 0 Å². The summed E-state index contributed by atoms with van der Waals surface area (Å²) in [5.41, 5.74) is 8.12. The molecule has 2 N–H and O–H groups in total. The van der Waals surface area contributed by atoms with Gasteiger partial charge in [0.15, 0.2) is 0 Å². The van der Waals surface area contributed by atoms with Gasteiger partial charge < -0.3 is 10.5 Å². The van der Waals surface area contributed by atoms with E-state index in [9.17, 15) is 0 Å². The van der Waals surface area contributed by atoms with Gasteiger partial charge >= 0.3 is 0 Å². The molecule has 1 fully saturated rings. The molecule has 0 spiro atoms. The van der Waals surface area contributed by atoms with E-state index in [1.807, 2.05) is 12.1 Å². The standard InChI is InChI=1S/C17H28N2O/c1-4-13-5-7-15(8-6-13)19(2)12-14-11-16(20-3)9-10-17(14)18/h9-11,13,15H,4-8,12,18H2,1-3H3. The van der Waals surface area contributed by atoms with E-state index in [0.29, 0.717) is 6.04 Å². The second-order valence-electron chi connectivity index (χ2n) is 6.06. The molecule has 1 aliphatic rings. The zero-order chi connectivity index (χ0) is 14.5. The molecule has 3 heteroatoms. The number of rotatable bonds is 5. The molecule has 20 heavy (non-hydrogen) atoms. The minimum absolute atomic E-state index is 0.698. The molecule has 1 saturated carbocycles. The van der Waals surface area contributed by atoms with Gasteiger partial charge in [0, 0.05) is 18.3 Å². The van der Waals surface area contributed by atoms with Crippen molar-refractivity contribution in [3.63, 3.8) is 0 Å². The fourth-order valence-electron chi connectivity index (χ4n) is 3.24. The summed E-state index contributed by atoms with van der Waals surface area (Å²) in [7, 11) is 3.92. The number of nitrogens with zero attached hydrogens (tertiary/aromatic N) is 1. The van der Waals surface area contributed by atoms with Crippen molar-refractivity contribution < 1.29 is 4.74 Å². The Balaban J connectivity index is 1.96. The SMILES string of the molecule is CCC1CCC(N(C)Cc2cc(OC)ccc2N)CC1. The topological polar surface area (TPSA) is 38.5 Å². The molecule has 3 nitrogen and oxygen atoms in total. The lowest BCUT2D eigenvalue weighted by Gasteiger charge is -2.34. The molecule has 2 rings (SSSR count). The van der Waals surface area contributed by atoms with Crippen LogP contribution in [0.25, 0.3) is 0 Å². The highest BCUT2D eigenvalue weighted by molar-refractivity contribution is 5.50. The van der Waals surface area contributed by atoms with E-state index >= 15 is 0 Å². The molecule has 0 radical (unpaired) electrons. The first-order valence-electron chi connectivity index (χ1n) is 7.76. The van der Waals surface area contributed by atoms with E-state index in [2.05, 4.69) is 24.9 Å². The average Bonchev–Trinajstić information content (AvgIpc) is 2.49. The van der Waals surface area contributed by atoms with E-state index < -0.39 is 0 Å². The van der Waals surface area contributed by atoms with Crippen molar-refractivity contribution in [3.05, 3.63) is 23.8 Å². The van der Waals surface area contributed by atoms with Crippen LogP contribution < -0.4 is 10.5 Å². The molecule has 0 saturated heterocycles. The van der Waals surface area contributed by atoms with E-state index in [1.54, 1.807) is 7.11 Å². The number of methoxy groups -OCH3 is 1. The van der Waals surface area contributed by atoms with Gasteiger partial charge in [-0.15, -0.1) is 0 Å². The highest BCUT2D eigenvalue weighted by atomic mass is 16.5. The van der Waals surface area contributed by atoms with Crippen LogP contribution in [0.4, 0.5) is 5.69 Å². The molecule has 0 amide bonds. The van der Waals surface area contributed by atoms with Crippen LogP contribution in [0.3, 0.4) is 0 Å². The number of hydrogen-bond acceptors (Lipinski definition) is 3. The fraction of sp³-hybridized carbons (Fsp3) is 0.647. The van der Waals surface area contributed by atoms with Crippen LogP contribution in [-0.4, -0.2) is 25.1 Å². The maximum Gasteiger partial charge on any atom is 0.119 e. The summed E-state index contributed by atoms with van der Waals surface area (Å²) in [5.74, 6) is 1.83. The molecule has 1 aliphatic carbocycles. The highest BCUT2D eigenvalue weighted by Gasteiger charge is 2.23. The van der Waals surface area contributed by atoms with Crippen molar-refractivity contribution in [2.24, 2.45) is 5.92 Å². The number of hydrogen-bond donors (Lipinski definition) is 1. The lowest BCUT2D eigenvalue weighted by atomic mass is 9.84. The highest BCUT2D eigenvalue weighted by Crippen LogP contribution is 2.30. The maximum atomic E-state index is 6.08. The lowest BCUT2D eigenvalue weighted by Crippen LogP contribution is -2.34. The second kappa shape index (κ2) is 6.98. The summed E-state index contributed by atoms with van der Waals surface area (Å²) in [4.78, 5) is 2.46. The molecule has 112 valence electrons. The van der Waals surface area contributed by atoms with Crippen molar-refractivity contribution >= 4 is 5.69 Å². The van der Waals surface area contributed by atoms with E-state index in [0.717, 1.165) is 23.9 Å². The van der Waals surface area contributed by atoms with Crippen molar-refractivity contribution in [1.82, 2.24) is 4.90 Å². The lowest BCUT2D eigenvalue weighted by molar-refractivity contribution is 0.157. The summed E-state index contributed by atoms with van der Waals surface area (Å²) in [5, 5.41) is 0. The van der Waals surface area contributed by atoms with Gasteiger partial charge in [-0.2, -0.15) is 0 Å². The van der Waals surface area contributed by atoms with Crippen molar-refractivity contribution in [1.29, 1.82) is 0 Å². The molecule has 0 heterocycles. The first-order chi connectivity index (χ1) is 9.63. The van der Waals surface area contributed by atoms with Gasteiger partial charge in [-0.1, -0.05) is 13.3 Å². The van der Waals surface area contributed by atoms with Gasteiger partial charge in [-0.25, -0.2) is 0 Å². The normalized spacial score (nSPS) is 23.0. The van der Waals surface area contributed by atoms with Gasteiger partial charge in [-0.3, -0.25) is 4.90 Å². The Morgan fingerprint density at radius 3 is 2.55 bits per heavy atom. The third-order valence-electron chi connectivity index (χ3n) is 4.79. The van der Waals surface area contributed by atoms with Crippen LogP contribution in [0, 0.1) is 5.92 Å². The molecule has 0 bridgehead atoms. The monoisotopic (exact) mass is 276 g/mol. The van der Waals surface area contributed by atoms with Crippen molar-refractivity contribution in [3.8, 4) is 5.75 Å². The van der Waals surface area contributed by atoms with Crippen LogP contribution in [-0.2, 0) is 6.54 Å². The smallest absolute Gasteiger partial charge is 0.119 e. The van der Waals surface area contributed by atoms with E-state index in [-0.39, 0.29) is 0 Å². The molecule has 0 atom stereocenters. The molecule has 0 aromatic heterocycles. The molecular weight excluding hydrogens is 248 g/mol. The van der Waals surface area contributed by atoms with Crippen LogP contribution in [0.5, 0.6) is 5.75 Å². The first-order valence-corrected chi connectivity index (χ1v) is 7.76. The number of nitrogens with two attached hydrogens (primary N) is 1. The van der Waals surface area contributed by atoms with Gasteiger partial charge in [0.2, 0.25) is 0 Å². The summed E-state index contributed by atoms with van der Waals surface area (Å²) in [6.45, 7) is 3.22. The van der Waals surface area contributed by atoms with Crippen molar-refractivity contribution in [2.75, 3.05) is 19.9 Å². The van der Waals surface area contributed by atoms with Gasteiger partial charge in [0.25, 0.3) is 0 Å². The molecule has 1 aromatic carbocycles. The van der Waals surface area contributed by atoms with Crippen LogP contribution in [0.15, 0.2) is 18.2 Å². The van der Waals surface area contributed by atoms with Crippen LogP contribution >= 0.6 is 0 Å². The Morgan fingerprint density at radius 2 is 1.95 bits per heavy atom. The number of nitrogen functional groups attached to an aromatic ring is 1. The third kappa shape index (κ3) is 3.66. The molecular formula is C17H28N2O. The van der Waals surface area contributed by atoms with Gasteiger partial charge in [0.1, 0.15) is 5.75 Å². The van der Waals surface area contributed by atoms with Crippen LogP contribution in [0.1, 0.15) is 44.6 Å². The largest absolute Gasteiger partial charge is 0.497 e. The summed E-state index contributed by atoms with van der Waals surface area (Å²) in [6.07, 6.45) is 6.72. The quantitative estimate of drug-likeness (QED) is 0.834.